The van der Waals surface area contributed by atoms with Gasteiger partial charge in [-0.1, -0.05) is 34.8 Å². The van der Waals surface area contributed by atoms with Gasteiger partial charge >= 0.3 is 14.1 Å². The summed E-state index contributed by atoms with van der Waals surface area (Å²) in [6, 6.07) is 18.2. The molecule has 2 fully saturated rings. The van der Waals surface area contributed by atoms with Crippen molar-refractivity contribution in [1.82, 2.24) is 25.3 Å². The topological polar surface area (TPSA) is 155 Å². The number of hydrogen-bond acceptors (Lipinski definition) is 16. The van der Waals surface area contributed by atoms with Crippen LogP contribution in [0.5, 0.6) is 0 Å². The molecule has 4 aromatic heterocycles. The maximum atomic E-state index is 12.9. The summed E-state index contributed by atoms with van der Waals surface area (Å²) in [4.78, 5) is 20.5. The number of thiazole rings is 4. The van der Waals surface area contributed by atoms with Gasteiger partial charge in [-0.3, -0.25) is 0 Å². The van der Waals surface area contributed by atoms with E-state index < -0.39 is 14.1 Å². The van der Waals surface area contributed by atoms with Gasteiger partial charge in [-0.15, -0.1) is 56.9 Å². The molecule has 69 heavy (non-hydrogen) atoms. The van der Waals surface area contributed by atoms with E-state index in [0.29, 0.717) is 43.8 Å². The van der Waals surface area contributed by atoms with Gasteiger partial charge < -0.3 is 40.7 Å². The van der Waals surface area contributed by atoms with Crippen molar-refractivity contribution in [2.24, 2.45) is 0 Å². The number of benzene rings is 3. The van der Waals surface area contributed by atoms with E-state index in [4.69, 9.17) is 56.5 Å². The molecule has 2 aliphatic rings. The van der Waals surface area contributed by atoms with Crippen LogP contribution in [-0.2, 0) is 25.6 Å². The first-order valence-corrected chi connectivity index (χ1v) is 26.7. The van der Waals surface area contributed by atoms with E-state index in [-0.39, 0.29) is 24.1 Å². The number of nitrogens with zero attached hydrogens (tertiary/aromatic N) is 6. The third-order valence-electron chi connectivity index (χ3n) is 9.22. The van der Waals surface area contributed by atoms with Crippen molar-refractivity contribution in [3.63, 3.8) is 0 Å². The minimum atomic E-state index is -0.698. The normalized spacial score (nSPS) is 12.3. The second-order valence-electron chi connectivity index (χ2n) is 14.8. The quantitative estimate of drug-likeness (QED) is 0.0510. The van der Waals surface area contributed by atoms with Crippen molar-refractivity contribution in [1.29, 1.82) is 0 Å². The molecule has 0 bridgehead atoms. The van der Waals surface area contributed by atoms with E-state index in [1.54, 1.807) is 71.6 Å². The fourth-order valence-corrected chi connectivity index (χ4v) is 9.34. The average molecular weight is 1100 g/mol. The Morgan fingerprint density at radius 1 is 0.652 bits per heavy atom. The molecule has 0 spiro atoms. The summed E-state index contributed by atoms with van der Waals surface area (Å²) >= 11 is 27.9. The molecule has 25 heteroatoms. The van der Waals surface area contributed by atoms with Gasteiger partial charge in [-0.05, 0) is 125 Å². The fraction of sp³-hybridized carbons (Fsp3) is 0.318. The molecule has 12 nitrogen and oxygen atoms in total. The SMILES string of the molecule is C1CCNC1.CB(O)N(Cc1csc(Cl)n1)c1ccc(F)cc1.CB(O)Nc1ccc(F)cc1.ClCc1csc(Cl)n1.Fc1ccc(NCc2csc(N3CCCC3)n2)cc1.OCc1csc(Cl)n1. The van der Waals surface area contributed by atoms with Crippen molar-refractivity contribution in [2.45, 2.75) is 64.9 Å². The van der Waals surface area contributed by atoms with E-state index >= 15 is 0 Å². The molecule has 2 aliphatic heterocycles. The second kappa shape index (κ2) is 32.3. The summed E-state index contributed by atoms with van der Waals surface area (Å²) in [5.41, 5.74) is 5.65. The van der Waals surface area contributed by atoms with Crippen molar-refractivity contribution in [3.05, 3.63) is 148 Å². The van der Waals surface area contributed by atoms with Crippen molar-refractivity contribution in [2.75, 3.05) is 46.4 Å². The molecular formula is C44H52B2Cl4F3N9O3S4. The van der Waals surface area contributed by atoms with Crippen molar-refractivity contribution in [3.8, 4) is 0 Å². The van der Waals surface area contributed by atoms with Gasteiger partial charge in [0, 0.05) is 51.7 Å². The molecule has 0 atom stereocenters. The Kier molecular flexibility index (Phi) is 27.1. The van der Waals surface area contributed by atoms with Crippen LogP contribution in [0.15, 0.2) is 94.3 Å². The van der Waals surface area contributed by atoms with E-state index in [1.165, 1.54) is 109 Å². The lowest BCUT2D eigenvalue weighted by Crippen LogP contribution is -2.36. The molecule has 7 aromatic rings. The third-order valence-corrected chi connectivity index (χ3v) is 13.5. The lowest BCUT2D eigenvalue weighted by atomic mass is 9.84. The lowest BCUT2D eigenvalue weighted by molar-refractivity contribution is 0.277. The van der Waals surface area contributed by atoms with E-state index in [0.717, 1.165) is 46.7 Å². The average Bonchev–Trinajstić information content (AvgIpc) is 4.21. The van der Waals surface area contributed by atoms with Crippen LogP contribution in [0.4, 0.5) is 35.4 Å². The standard InChI is InChI=1S/C14H16FN3S.C11H11BClFN2OS.C7H9BFNO.C4H3Cl2NS.C4H4ClNOS.C4H9N/c15-11-3-5-12(6-4-11)16-9-13-10-19-14(17-13)18-7-1-2-8-18;1-12(17)16(6-9-7-18-11(13)15-9)10-4-2-8(14)3-5-10;1-8(11)10-7-4-2-6(9)3-5-7;5-1-3-2-8-4(6)7-3;5-4-6-3(1-7)2-8-4;1-2-4-5-3-1/h3-6,10,16H,1-2,7-9H2;2-5,7,17H,6H2,1H3;2-5,10-11H,1H3;2H,1H2;2,7H,1H2;5H,1-4H2. The zero-order chi connectivity index (χ0) is 50.0. The van der Waals surface area contributed by atoms with Crippen molar-refractivity contribution < 1.29 is 28.3 Å². The zero-order valence-corrected chi connectivity index (χ0v) is 44.0. The van der Waals surface area contributed by atoms with Gasteiger partial charge in [0.25, 0.3) is 0 Å². The number of halogens is 7. The Labute approximate surface area is 437 Å². The smallest absolute Gasteiger partial charge is 0.409 e. The molecule has 0 amide bonds. The molecule has 0 radical (unpaired) electrons. The Morgan fingerprint density at radius 2 is 1.13 bits per heavy atom. The molecule has 370 valence electrons. The highest BCUT2D eigenvalue weighted by molar-refractivity contribution is 7.14. The van der Waals surface area contributed by atoms with Crippen LogP contribution in [0.2, 0.25) is 27.0 Å². The predicted octanol–water partition coefficient (Wildman–Crippen LogP) is 12.1. The molecule has 0 saturated carbocycles. The lowest BCUT2D eigenvalue weighted by Gasteiger charge is -2.24. The van der Waals surface area contributed by atoms with Crippen LogP contribution >= 0.6 is 91.8 Å². The molecule has 3 aromatic carbocycles. The van der Waals surface area contributed by atoms with Crippen LogP contribution in [0.1, 0.15) is 48.5 Å². The summed E-state index contributed by atoms with van der Waals surface area (Å²) in [6.45, 7) is 9.07. The molecule has 9 rings (SSSR count). The number of alkyl halides is 1. The molecule has 6 heterocycles. The van der Waals surface area contributed by atoms with Crippen LogP contribution in [0, 0.1) is 17.5 Å². The van der Waals surface area contributed by atoms with Crippen molar-refractivity contribution >= 4 is 128 Å². The van der Waals surface area contributed by atoms with E-state index in [1.807, 2.05) is 10.8 Å². The van der Waals surface area contributed by atoms with E-state index in [2.05, 4.69) is 46.1 Å². The number of nitrogens with one attached hydrogen (secondary N) is 3. The Balaban J connectivity index is 0.000000190. The minimum absolute atomic E-state index is 0.0246. The molecule has 0 aliphatic carbocycles. The zero-order valence-electron chi connectivity index (χ0n) is 37.7. The monoisotopic (exact) mass is 1100 g/mol. The number of aromatic nitrogens is 4. The van der Waals surface area contributed by atoms with Gasteiger partial charge in [0.2, 0.25) is 0 Å². The first-order valence-electron chi connectivity index (χ1n) is 21.5. The van der Waals surface area contributed by atoms with Gasteiger partial charge in [-0.2, -0.15) is 0 Å². The summed E-state index contributed by atoms with van der Waals surface area (Å²) in [7, 11) is -1.31. The van der Waals surface area contributed by atoms with Crippen LogP contribution in [0.25, 0.3) is 0 Å². The maximum absolute atomic E-state index is 12.9. The highest BCUT2D eigenvalue weighted by Gasteiger charge is 2.19. The summed E-state index contributed by atoms with van der Waals surface area (Å²) < 4.78 is 39.5. The predicted molar refractivity (Wildman–Crippen MR) is 287 cm³/mol. The van der Waals surface area contributed by atoms with Crippen LogP contribution in [0.3, 0.4) is 0 Å². The van der Waals surface area contributed by atoms with Gasteiger partial charge in [-0.25, -0.2) is 33.1 Å². The summed E-state index contributed by atoms with van der Waals surface area (Å²) in [5, 5.41) is 44.9. The first-order chi connectivity index (χ1) is 33.2. The van der Waals surface area contributed by atoms with Gasteiger partial charge in [0.15, 0.2) is 18.5 Å². The van der Waals surface area contributed by atoms with Crippen LogP contribution in [-0.4, -0.2) is 75.4 Å². The number of aliphatic hydroxyl groups is 1. The third kappa shape index (κ3) is 23.4. The molecule has 6 N–H and O–H groups in total. The van der Waals surface area contributed by atoms with Gasteiger partial charge in [0.1, 0.15) is 17.5 Å². The largest absolute Gasteiger partial charge is 0.433 e. The molecule has 2 saturated heterocycles. The number of anilines is 4. The first kappa shape index (κ1) is 57.9. The number of rotatable bonds is 12. The van der Waals surface area contributed by atoms with Crippen LogP contribution < -0.4 is 25.6 Å². The van der Waals surface area contributed by atoms with E-state index in [9.17, 15) is 18.2 Å². The molecular weight excluding hydrogens is 1050 g/mol. The molecule has 0 unspecified atom stereocenters. The Hall–Kier alpha value is -3.70. The Bertz CT molecular complexity index is 2400. The summed E-state index contributed by atoms with van der Waals surface area (Å²) in [6.07, 6.45) is 5.31. The second-order valence-corrected chi connectivity index (χ2v) is 20.2. The number of aliphatic hydroxyl groups excluding tert-OH is 1. The Morgan fingerprint density at radius 3 is 1.54 bits per heavy atom. The number of hydrogen-bond donors (Lipinski definition) is 6. The maximum Gasteiger partial charge on any atom is 0.409 e. The van der Waals surface area contributed by atoms with Gasteiger partial charge in [0.05, 0.1) is 48.4 Å². The fourth-order valence-electron chi connectivity index (χ4n) is 5.90. The highest BCUT2D eigenvalue weighted by Crippen LogP contribution is 2.25. The minimum Gasteiger partial charge on any atom is -0.433 e. The highest BCUT2D eigenvalue weighted by atomic mass is 35.5. The summed E-state index contributed by atoms with van der Waals surface area (Å²) in [5.74, 6) is -0.346.